The van der Waals surface area contributed by atoms with Crippen LogP contribution in [-0.4, -0.2) is 16.2 Å². The fourth-order valence-corrected chi connectivity index (χ4v) is 4.66. The Morgan fingerprint density at radius 2 is 1.71 bits per heavy atom. The van der Waals surface area contributed by atoms with Crippen molar-refractivity contribution < 1.29 is 9.18 Å². The summed E-state index contributed by atoms with van der Waals surface area (Å²) >= 11 is 8.93. The first kappa shape index (κ1) is 21.3. The van der Waals surface area contributed by atoms with Gasteiger partial charge < -0.3 is 5.32 Å². The largest absolute Gasteiger partial charge is 0.325 e. The minimum atomic E-state index is -0.472. The van der Waals surface area contributed by atoms with Crippen molar-refractivity contribution in [1.29, 1.82) is 0 Å². The van der Waals surface area contributed by atoms with Crippen LogP contribution in [0.25, 0.3) is 10.6 Å². The van der Waals surface area contributed by atoms with Gasteiger partial charge in [-0.1, -0.05) is 53.3 Å². The van der Waals surface area contributed by atoms with E-state index in [2.05, 4.69) is 20.8 Å². The van der Waals surface area contributed by atoms with Crippen LogP contribution in [0.15, 0.2) is 77.7 Å². The molecule has 0 unspecified atom stereocenters. The third kappa shape index (κ3) is 5.81. The molecule has 1 aromatic heterocycles. The molecule has 2 N–H and O–H groups in total. The van der Waals surface area contributed by atoms with E-state index in [-0.39, 0.29) is 5.82 Å². The molecule has 0 fully saturated rings. The van der Waals surface area contributed by atoms with Gasteiger partial charge in [-0.25, -0.2) is 9.18 Å². The van der Waals surface area contributed by atoms with E-state index in [1.807, 2.05) is 48.5 Å². The lowest BCUT2D eigenvalue weighted by atomic mass is 10.2. The molecule has 0 aliphatic rings. The maximum absolute atomic E-state index is 13.0. The third-order valence-corrected chi connectivity index (χ3v) is 6.44. The number of nitrogens with zero attached hydrogens (tertiary/aromatic N) is 2. The monoisotopic (exact) mass is 470 g/mol. The molecule has 0 bridgehead atoms. The van der Waals surface area contributed by atoms with Gasteiger partial charge in [-0.2, -0.15) is 0 Å². The Morgan fingerprint density at radius 1 is 0.968 bits per heavy atom. The van der Waals surface area contributed by atoms with Crippen LogP contribution in [0, 0.1) is 5.82 Å². The summed E-state index contributed by atoms with van der Waals surface area (Å²) in [7, 11) is 0. The number of aromatic nitrogens is 2. The van der Waals surface area contributed by atoms with Crippen molar-refractivity contribution in [1.82, 2.24) is 10.2 Å². The second-order valence-corrected chi connectivity index (χ2v) is 8.84. The minimum absolute atomic E-state index is 0.368. The number of hydrogen-bond acceptors (Lipinski definition) is 5. The molecule has 0 saturated carbocycles. The van der Waals surface area contributed by atoms with E-state index in [4.69, 9.17) is 11.6 Å². The van der Waals surface area contributed by atoms with E-state index in [1.165, 1.54) is 41.2 Å². The molecule has 4 rings (SSSR count). The van der Waals surface area contributed by atoms with Crippen LogP contribution in [0.5, 0.6) is 0 Å². The number of anilines is 2. The summed E-state index contributed by atoms with van der Waals surface area (Å²) in [4.78, 5) is 13.2. The van der Waals surface area contributed by atoms with Gasteiger partial charge in [-0.05, 0) is 48.0 Å². The van der Waals surface area contributed by atoms with Crippen molar-refractivity contribution in [2.75, 3.05) is 10.6 Å². The molecule has 0 atom stereocenters. The summed E-state index contributed by atoms with van der Waals surface area (Å²) in [6.45, 7) is 0. The van der Waals surface area contributed by atoms with Crippen LogP contribution in [-0.2, 0) is 5.75 Å². The van der Waals surface area contributed by atoms with Gasteiger partial charge >= 0.3 is 6.03 Å². The van der Waals surface area contributed by atoms with Gasteiger partial charge in [0, 0.05) is 26.9 Å². The topological polar surface area (TPSA) is 66.9 Å². The molecule has 0 aliphatic carbocycles. The average molecular weight is 471 g/mol. The van der Waals surface area contributed by atoms with E-state index >= 15 is 0 Å². The van der Waals surface area contributed by atoms with E-state index in [0.717, 1.165) is 16.2 Å². The minimum Gasteiger partial charge on any atom is -0.308 e. The number of urea groups is 1. The van der Waals surface area contributed by atoms with Gasteiger partial charge in [0.1, 0.15) is 5.82 Å². The van der Waals surface area contributed by atoms with E-state index in [0.29, 0.717) is 20.8 Å². The van der Waals surface area contributed by atoms with Crippen molar-refractivity contribution in [3.63, 3.8) is 0 Å². The van der Waals surface area contributed by atoms with Crippen molar-refractivity contribution in [2.45, 2.75) is 10.6 Å². The van der Waals surface area contributed by atoms with Gasteiger partial charge in [0.15, 0.2) is 5.01 Å². The Bertz CT molecular complexity index is 1180. The Kier molecular flexibility index (Phi) is 6.81. The molecule has 0 spiro atoms. The molecular formula is C22H16ClFN4OS2. The number of thioether (sulfide) groups is 1. The number of carbonyl (C=O) groups is 1. The predicted octanol–water partition coefficient (Wildman–Crippen LogP) is 6.93. The molecule has 5 nitrogen and oxygen atoms in total. The second kappa shape index (κ2) is 9.91. The summed E-state index contributed by atoms with van der Waals surface area (Å²) in [5.74, 6) is 0.422. The van der Waals surface area contributed by atoms with Gasteiger partial charge in [0.2, 0.25) is 5.13 Å². The molecule has 2 amide bonds. The maximum Gasteiger partial charge on any atom is 0.325 e. The molecule has 3 aromatic carbocycles. The number of nitrogens with one attached hydrogen (secondary N) is 2. The molecule has 9 heteroatoms. The first-order chi connectivity index (χ1) is 15.1. The van der Waals surface area contributed by atoms with Crippen LogP contribution in [0.1, 0.15) is 5.56 Å². The third-order valence-electron chi connectivity index (χ3n) is 4.17. The molecule has 31 heavy (non-hydrogen) atoms. The highest BCUT2D eigenvalue weighted by Gasteiger charge is 2.13. The summed E-state index contributed by atoms with van der Waals surface area (Å²) in [5, 5.41) is 15.4. The SMILES string of the molecule is O=C(Nc1ccc(F)cc1)Nc1nnc(-c2ccccc2SCc2ccc(Cl)cc2)s1. The predicted molar refractivity (Wildman–Crippen MR) is 125 cm³/mol. The lowest BCUT2D eigenvalue weighted by Gasteiger charge is -2.07. The van der Waals surface area contributed by atoms with Crippen LogP contribution < -0.4 is 10.6 Å². The quantitative estimate of drug-likeness (QED) is 0.300. The number of halogens is 2. The van der Waals surface area contributed by atoms with Crippen LogP contribution in [0.4, 0.5) is 20.0 Å². The van der Waals surface area contributed by atoms with Crippen LogP contribution in [0.3, 0.4) is 0 Å². The summed E-state index contributed by atoms with van der Waals surface area (Å²) in [6.07, 6.45) is 0. The highest BCUT2D eigenvalue weighted by molar-refractivity contribution is 7.98. The van der Waals surface area contributed by atoms with Crippen molar-refractivity contribution in [3.8, 4) is 10.6 Å². The maximum atomic E-state index is 13.0. The van der Waals surface area contributed by atoms with E-state index in [1.54, 1.807) is 11.8 Å². The Morgan fingerprint density at radius 3 is 2.48 bits per heavy atom. The fraction of sp³-hybridized carbons (Fsp3) is 0.0455. The van der Waals surface area contributed by atoms with Crippen LogP contribution in [0.2, 0.25) is 5.02 Å². The molecule has 156 valence electrons. The highest BCUT2D eigenvalue weighted by Crippen LogP contribution is 2.35. The average Bonchev–Trinajstić information content (AvgIpc) is 3.23. The number of benzene rings is 3. The van der Waals surface area contributed by atoms with Crippen molar-refractivity contribution in [3.05, 3.63) is 89.2 Å². The summed E-state index contributed by atoms with van der Waals surface area (Å²) in [5.41, 5.74) is 2.60. The first-order valence-corrected chi connectivity index (χ1v) is 11.4. The number of hydrogen-bond donors (Lipinski definition) is 2. The molecule has 0 aliphatic heterocycles. The molecule has 0 radical (unpaired) electrons. The van der Waals surface area contributed by atoms with Crippen molar-refractivity contribution in [2.24, 2.45) is 0 Å². The Labute approximate surface area is 191 Å². The molecular weight excluding hydrogens is 455 g/mol. The normalized spacial score (nSPS) is 10.6. The number of carbonyl (C=O) groups excluding carboxylic acids is 1. The summed E-state index contributed by atoms with van der Waals surface area (Å²) < 4.78 is 13.0. The zero-order valence-corrected chi connectivity index (χ0v) is 18.4. The van der Waals surface area contributed by atoms with Gasteiger partial charge in [-0.15, -0.1) is 22.0 Å². The fourth-order valence-electron chi connectivity index (χ4n) is 2.69. The zero-order chi connectivity index (χ0) is 21.6. The van der Waals surface area contributed by atoms with Crippen LogP contribution >= 0.6 is 34.7 Å². The highest BCUT2D eigenvalue weighted by atomic mass is 35.5. The molecule has 0 saturated heterocycles. The zero-order valence-electron chi connectivity index (χ0n) is 16.0. The standard InChI is InChI=1S/C22H16ClFN4OS2/c23-15-7-5-14(6-8-15)13-30-19-4-2-1-3-18(19)20-27-28-22(31-20)26-21(29)25-17-11-9-16(24)10-12-17/h1-12H,13H2,(H2,25,26,28,29). The number of amides is 2. The van der Waals surface area contributed by atoms with E-state index in [9.17, 15) is 9.18 Å². The summed E-state index contributed by atoms with van der Waals surface area (Å²) in [6, 6.07) is 20.7. The number of rotatable bonds is 6. The molecule has 1 heterocycles. The van der Waals surface area contributed by atoms with E-state index < -0.39 is 6.03 Å². The Hall–Kier alpha value is -2.94. The smallest absolute Gasteiger partial charge is 0.308 e. The van der Waals surface area contributed by atoms with Gasteiger partial charge in [-0.3, -0.25) is 5.32 Å². The Balaban J connectivity index is 1.43. The lowest BCUT2D eigenvalue weighted by Crippen LogP contribution is -2.19. The lowest BCUT2D eigenvalue weighted by molar-refractivity contribution is 0.262. The van der Waals surface area contributed by atoms with Crippen molar-refractivity contribution >= 4 is 51.5 Å². The second-order valence-electron chi connectivity index (χ2n) is 6.41. The van der Waals surface area contributed by atoms with Gasteiger partial charge in [0.05, 0.1) is 0 Å². The molecule has 4 aromatic rings. The van der Waals surface area contributed by atoms with Gasteiger partial charge in [0.25, 0.3) is 0 Å². The first-order valence-electron chi connectivity index (χ1n) is 9.20.